The maximum Gasteiger partial charge on any atom is 0.308 e. The zero-order valence-electron chi connectivity index (χ0n) is 15.0. The Kier molecular flexibility index (Phi) is 5.09. The monoisotopic (exact) mass is 411 g/mol. The maximum atomic E-state index is 12.3. The Labute approximate surface area is 170 Å². The lowest BCUT2D eigenvalue weighted by Gasteiger charge is -2.12. The van der Waals surface area contributed by atoms with Crippen molar-refractivity contribution in [3.63, 3.8) is 0 Å². The molecule has 9 heteroatoms. The first-order chi connectivity index (χ1) is 14.0. The molecule has 29 heavy (non-hydrogen) atoms. The lowest BCUT2D eigenvalue weighted by molar-refractivity contribution is -0.145. The number of amides is 2. The van der Waals surface area contributed by atoms with E-state index in [9.17, 15) is 14.4 Å². The first-order valence-corrected chi connectivity index (χ1v) is 9.10. The van der Waals surface area contributed by atoms with Crippen molar-refractivity contribution in [1.29, 1.82) is 0 Å². The average molecular weight is 412 g/mol. The van der Waals surface area contributed by atoms with Gasteiger partial charge in [-0.3, -0.25) is 19.3 Å². The van der Waals surface area contributed by atoms with Crippen LogP contribution in [0.5, 0.6) is 0 Å². The normalized spacial score (nSPS) is 12.9. The van der Waals surface area contributed by atoms with Crippen molar-refractivity contribution in [3.05, 3.63) is 70.6 Å². The summed E-state index contributed by atoms with van der Waals surface area (Å²) in [6.07, 6.45) is -0.138. The lowest BCUT2D eigenvalue weighted by Crippen LogP contribution is -2.32. The van der Waals surface area contributed by atoms with Crippen molar-refractivity contribution in [2.75, 3.05) is 6.54 Å². The quantitative estimate of drug-likeness (QED) is 0.453. The van der Waals surface area contributed by atoms with Gasteiger partial charge in [-0.05, 0) is 24.3 Å². The Morgan fingerprint density at radius 3 is 2.48 bits per heavy atom. The lowest BCUT2D eigenvalue weighted by atomic mass is 10.1. The van der Waals surface area contributed by atoms with Gasteiger partial charge in [-0.1, -0.05) is 41.0 Å². The van der Waals surface area contributed by atoms with Crippen LogP contribution in [-0.4, -0.2) is 39.4 Å². The molecule has 2 amide bonds. The highest BCUT2D eigenvalue weighted by Crippen LogP contribution is 2.23. The predicted molar refractivity (Wildman–Crippen MR) is 101 cm³/mol. The molecule has 0 spiro atoms. The number of nitrogens with zero attached hydrogens (tertiary/aromatic N) is 3. The van der Waals surface area contributed by atoms with E-state index in [1.807, 2.05) is 0 Å². The molecule has 2 heterocycles. The van der Waals surface area contributed by atoms with Gasteiger partial charge in [-0.25, -0.2) is 0 Å². The molecule has 0 radical (unpaired) electrons. The number of halogens is 1. The molecular weight excluding hydrogens is 398 g/mol. The molecule has 0 saturated heterocycles. The number of ether oxygens (including phenoxy) is 1. The number of aromatic nitrogens is 2. The third-order valence-corrected chi connectivity index (χ3v) is 4.56. The second kappa shape index (κ2) is 7.84. The van der Waals surface area contributed by atoms with Crippen LogP contribution >= 0.6 is 11.6 Å². The summed E-state index contributed by atoms with van der Waals surface area (Å²) in [5.74, 6) is -0.981. The second-order valence-electron chi connectivity index (χ2n) is 6.24. The molecule has 2 aromatic carbocycles. The van der Waals surface area contributed by atoms with Gasteiger partial charge in [0.05, 0.1) is 17.5 Å². The maximum absolute atomic E-state index is 12.3. The van der Waals surface area contributed by atoms with Gasteiger partial charge in [-0.15, -0.1) is 0 Å². The van der Waals surface area contributed by atoms with Crippen LogP contribution in [0.4, 0.5) is 0 Å². The van der Waals surface area contributed by atoms with Crippen molar-refractivity contribution >= 4 is 29.4 Å². The number of benzene rings is 2. The Morgan fingerprint density at radius 2 is 1.79 bits per heavy atom. The minimum absolute atomic E-state index is 0.0667. The van der Waals surface area contributed by atoms with Crippen LogP contribution < -0.4 is 0 Å². The average Bonchev–Trinajstić information content (AvgIpc) is 3.29. The van der Waals surface area contributed by atoms with Crippen molar-refractivity contribution in [2.45, 2.75) is 13.0 Å². The Morgan fingerprint density at radius 1 is 1.07 bits per heavy atom. The molecule has 0 atom stereocenters. The van der Waals surface area contributed by atoms with Gasteiger partial charge in [0.1, 0.15) is 0 Å². The van der Waals surface area contributed by atoms with Crippen LogP contribution in [0.25, 0.3) is 11.4 Å². The summed E-state index contributed by atoms with van der Waals surface area (Å²) in [5, 5.41) is 4.36. The van der Waals surface area contributed by atoms with Crippen molar-refractivity contribution < 1.29 is 23.6 Å². The van der Waals surface area contributed by atoms with E-state index in [1.54, 1.807) is 48.5 Å². The predicted octanol–water partition coefficient (Wildman–Crippen LogP) is 3.12. The van der Waals surface area contributed by atoms with E-state index in [4.69, 9.17) is 20.9 Å². The minimum atomic E-state index is -0.593. The minimum Gasteiger partial charge on any atom is -0.456 e. The summed E-state index contributed by atoms with van der Waals surface area (Å²) in [4.78, 5) is 41.7. The zero-order valence-corrected chi connectivity index (χ0v) is 15.8. The van der Waals surface area contributed by atoms with E-state index in [-0.39, 0.29) is 25.5 Å². The van der Waals surface area contributed by atoms with Crippen LogP contribution in [0, 0.1) is 0 Å². The van der Waals surface area contributed by atoms with Crippen molar-refractivity contribution in [3.8, 4) is 11.4 Å². The third-order valence-electron chi connectivity index (χ3n) is 4.33. The number of carbonyl (C=O) groups excluding carboxylic acids is 3. The Hall–Kier alpha value is -3.52. The number of hydrogen-bond acceptors (Lipinski definition) is 7. The van der Waals surface area contributed by atoms with E-state index in [1.165, 1.54) is 0 Å². The van der Waals surface area contributed by atoms with Gasteiger partial charge in [0.15, 0.2) is 6.61 Å². The number of esters is 1. The molecule has 3 aromatic rings. The highest BCUT2D eigenvalue weighted by atomic mass is 35.5. The summed E-state index contributed by atoms with van der Waals surface area (Å²) in [6.45, 7) is -0.280. The topological polar surface area (TPSA) is 103 Å². The molecular formula is C20H14ClN3O5. The molecule has 0 bridgehead atoms. The molecule has 146 valence electrons. The third kappa shape index (κ3) is 3.88. The molecule has 1 aliphatic rings. The summed E-state index contributed by atoms with van der Waals surface area (Å²) < 4.78 is 10.2. The smallest absolute Gasteiger partial charge is 0.308 e. The molecule has 0 N–H and O–H groups in total. The van der Waals surface area contributed by atoms with Gasteiger partial charge >= 0.3 is 5.97 Å². The second-order valence-corrected chi connectivity index (χ2v) is 6.68. The van der Waals surface area contributed by atoms with Crippen molar-refractivity contribution in [2.24, 2.45) is 0 Å². The van der Waals surface area contributed by atoms with Crippen molar-refractivity contribution in [1.82, 2.24) is 15.0 Å². The summed E-state index contributed by atoms with van der Waals surface area (Å²) in [5.41, 5.74) is 1.35. The molecule has 1 aromatic heterocycles. The molecule has 8 nitrogen and oxygen atoms in total. The van der Waals surface area contributed by atoms with E-state index in [0.717, 1.165) is 4.90 Å². The van der Waals surface area contributed by atoms with Gasteiger partial charge in [0.25, 0.3) is 17.7 Å². The zero-order chi connectivity index (χ0) is 20.4. The van der Waals surface area contributed by atoms with E-state index < -0.39 is 17.8 Å². The number of rotatable bonds is 6. The number of carbonyl (C=O) groups is 3. The highest BCUT2D eigenvalue weighted by molar-refractivity contribution is 6.30. The SMILES string of the molecule is O=C(CCN1C(=O)c2ccccc2C1=O)OCc1nc(-c2cccc(Cl)c2)no1. The van der Waals surface area contributed by atoms with Gasteiger partial charge in [-0.2, -0.15) is 4.98 Å². The molecule has 0 fully saturated rings. The molecule has 0 aliphatic carbocycles. The Balaban J connectivity index is 1.30. The fourth-order valence-corrected chi connectivity index (χ4v) is 3.11. The van der Waals surface area contributed by atoms with Gasteiger partial charge in [0, 0.05) is 17.1 Å². The van der Waals surface area contributed by atoms with Crippen LogP contribution in [0.15, 0.2) is 53.1 Å². The van der Waals surface area contributed by atoms with E-state index in [2.05, 4.69) is 10.1 Å². The molecule has 1 aliphatic heterocycles. The van der Waals surface area contributed by atoms with Crippen LogP contribution in [-0.2, 0) is 16.1 Å². The van der Waals surface area contributed by atoms with Crippen LogP contribution in [0.2, 0.25) is 5.02 Å². The van der Waals surface area contributed by atoms with Crippen LogP contribution in [0.1, 0.15) is 33.0 Å². The molecule has 4 rings (SSSR count). The van der Waals surface area contributed by atoms with Gasteiger partial charge in [0.2, 0.25) is 5.82 Å². The van der Waals surface area contributed by atoms with Crippen LogP contribution in [0.3, 0.4) is 0 Å². The summed E-state index contributed by atoms with van der Waals surface area (Å²) >= 11 is 5.94. The first-order valence-electron chi connectivity index (χ1n) is 8.72. The number of hydrogen-bond donors (Lipinski definition) is 0. The number of imide groups is 1. The van der Waals surface area contributed by atoms with E-state index in [0.29, 0.717) is 27.5 Å². The van der Waals surface area contributed by atoms with Gasteiger partial charge < -0.3 is 9.26 Å². The number of fused-ring (bicyclic) bond motifs is 1. The summed E-state index contributed by atoms with van der Waals surface area (Å²) in [7, 11) is 0. The summed E-state index contributed by atoms with van der Waals surface area (Å²) in [6, 6.07) is 13.5. The van der Waals surface area contributed by atoms with E-state index >= 15 is 0 Å². The first kappa shape index (κ1) is 18.8. The largest absolute Gasteiger partial charge is 0.456 e. The molecule has 0 saturated carbocycles. The molecule has 0 unspecified atom stereocenters. The highest BCUT2D eigenvalue weighted by Gasteiger charge is 2.35. The fraction of sp³-hybridized carbons (Fsp3) is 0.150. The standard InChI is InChI=1S/C20H14ClN3O5/c21-13-5-3-4-12(10-13)18-22-16(29-23-18)11-28-17(25)8-9-24-19(26)14-6-1-2-7-15(14)20(24)27/h1-7,10H,8-9,11H2. The Bertz CT molecular complexity index is 1080. The fourth-order valence-electron chi connectivity index (χ4n) is 2.92.